The molecule has 2 heterocycles. The van der Waals surface area contributed by atoms with Gasteiger partial charge in [0.15, 0.2) is 5.96 Å². The van der Waals surface area contributed by atoms with E-state index in [2.05, 4.69) is 20.6 Å². The summed E-state index contributed by atoms with van der Waals surface area (Å²) < 4.78 is 19.2. The number of halogens is 2. The number of rotatable bonds is 4. The van der Waals surface area contributed by atoms with Crippen LogP contribution < -0.4 is 10.6 Å². The smallest absolute Gasteiger partial charge is 0.191 e. The topological polar surface area (TPSA) is 62.5 Å². The highest BCUT2D eigenvalue weighted by molar-refractivity contribution is 14.0. The molecule has 2 N–H and O–H groups in total. The molecule has 0 radical (unpaired) electrons. The van der Waals surface area contributed by atoms with E-state index in [4.69, 9.17) is 4.42 Å². The summed E-state index contributed by atoms with van der Waals surface area (Å²) in [5.74, 6) is 1.14. The van der Waals surface area contributed by atoms with Crippen LogP contribution in [0.1, 0.15) is 17.0 Å². The Morgan fingerprint density at radius 1 is 1.20 bits per heavy atom. The number of guanidine groups is 1. The van der Waals surface area contributed by atoms with Gasteiger partial charge in [-0.15, -0.1) is 24.0 Å². The van der Waals surface area contributed by atoms with Gasteiger partial charge in [0.05, 0.1) is 18.8 Å². The first kappa shape index (κ1) is 19.2. The molecule has 5 nitrogen and oxygen atoms in total. The second kappa shape index (κ2) is 8.80. The number of nitrogens with zero attached hydrogens (tertiary/aromatic N) is 2. The quantitative estimate of drug-likeness (QED) is 0.358. The number of fused-ring (bicyclic) bond motifs is 1. The van der Waals surface area contributed by atoms with Gasteiger partial charge in [-0.3, -0.25) is 9.98 Å². The van der Waals surface area contributed by atoms with Gasteiger partial charge in [-0.1, -0.05) is 6.07 Å². The van der Waals surface area contributed by atoms with Gasteiger partial charge in [0.1, 0.15) is 17.2 Å². The van der Waals surface area contributed by atoms with Crippen molar-refractivity contribution in [3.05, 3.63) is 65.4 Å². The lowest BCUT2D eigenvalue weighted by Crippen LogP contribution is -2.36. The summed E-state index contributed by atoms with van der Waals surface area (Å²) in [6, 6.07) is 10.3. The number of benzene rings is 1. The number of aryl methyl sites for hydroxylation is 1. The first-order valence-corrected chi connectivity index (χ1v) is 7.69. The molecule has 25 heavy (non-hydrogen) atoms. The molecular weight excluding hydrogens is 434 g/mol. The molecule has 3 rings (SSSR count). The van der Waals surface area contributed by atoms with Crippen LogP contribution in [0.25, 0.3) is 11.0 Å². The van der Waals surface area contributed by atoms with Crippen molar-refractivity contribution in [1.29, 1.82) is 0 Å². The summed E-state index contributed by atoms with van der Waals surface area (Å²) in [5.41, 5.74) is 2.54. The highest BCUT2D eigenvalue weighted by atomic mass is 127. The van der Waals surface area contributed by atoms with Crippen molar-refractivity contribution in [1.82, 2.24) is 15.6 Å². The van der Waals surface area contributed by atoms with E-state index < -0.39 is 0 Å². The maximum Gasteiger partial charge on any atom is 0.191 e. The van der Waals surface area contributed by atoms with Crippen LogP contribution in [-0.4, -0.2) is 18.0 Å². The average molecular weight is 454 g/mol. The van der Waals surface area contributed by atoms with E-state index in [1.165, 1.54) is 12.1 Å². The van der Waals surface area contributed by atoms with E-state index in [1.54, 1.807) is 19.3 Å². The van der Waals surface area contributed by atoms with Gasteiger partial charge in [0.2, 0.25) is 0 Å². The minimum atomic E-state index is -0.265. The number of aromatic nitrogens is 1. The predicted molar refractivity (Wildman–Crippen MR) is 108 cm³/mol. The van der Waals surface area contributed by atoms with Crippen LogP contribution in [0.4, 0.5) is 4.39 Å². The minimum absolute atomic E-state index is 0. The van der Waals surface area contributed by atoms with Gasteiger partial charge in [-0.2, -0.15) is 0 Å². The first-order valence-electron chi connectivity index (χ1n) is 7.69. The Hall–Kier alpha value is -2.16. The zero-order valence-electron chi connectivity index (χ0n) is 14.0. The summed E-state index contributed by atoms with van der Waals surface area (Å²) in [5, 5.41) is 7.18. The van der Waals surface area contributed by atoms with Crippen LogP contribution >= 0.6 is 24.0 Å². The van der Waals surface area contributed by atoms with E-state index in [0.29, 0.717) is 24.6 Å². The maximum absolute atomic E-state index is 13.4. The highest BCUT2D eigenvalue weighted by Crippen LogP contribution is 2.25. The summed E-state index contributed by atoms with van der Waals surface area (Å²) in [4.78, 5) is 8.44. The number of hydrogen-bond donors (Lipinski definition) is 2. The lowest BCUT2D eigenvalue weighted by molar-refractivity contribution is 0.534. The molecule has 0 spiro atoms. The summed E-state index contributed by atoms with van der Waals surface area (Å²) in [7, 11) is 1.70. The van der Waals surface area contributed by atoms with Gasteiger partial charge in [0.25, 0.3) is 0 Å². The molecule has 3 aromatic rings. The molecule has 0 fully saturated rings. The number of furan rings is 1. The largest absolute Gasteiger partial charge is 0.459 e. The Morgan fingerprint density at radius 2 is 2.00 bits per heavy atom. The lowest BCUT2D eigenvalue weighted by Gasteiger charge is -2.10. The van der Waals surface area contributed by atoms with E-state index in [9.17, 15) is 4.39 Å². The zero-order valence-corrected chi connectivity index (χ0v) is 16.4. The van der Waals surface area contributed by atoms with Crippen molar-refractivity contribution in [2.24, 2.45) is 4.99 Å². The van der Waals surface area contributed by atoms with E-state index >= 15 is 0 Å². The van der Waals surface area contributed by atoms with Gasteiger partial charge >= 0.3 is 0 Å². The predicted octanol–water partition coefficient (Wildman–Crippen LogP) is 3.76. The minimum Gasteiger partial charge on any atom is -0.459 e. The third kappa shape index (κ3) is 4.68. The van der Waals surface area contributed by atoms with E-state index in [0.717, 1.165) is 22.4 Å². The summed E-state index contributed by atoms with van der Waals surface area (Å²) >= 11 is 0. The molecule has 7 heteroatoms. The van der Waals surface area contributed by atoms with Crippen molar-refractivity contribution in [3.63, 3.8) is 0 Å². The lowest BCUT2D eigenvalue weighted by atomic mass is 10.1. The molecule has 0 aliphatic carbocycles. The molecule has 0 aliphatic rings. The summed E-state index contributed by atoms with van der Waals surface area (Å²) in [6.07, 6.45) is 1.75. The molecule has 0 aliphatic heterocycles. The molecule has 132 valence electrons. The van der Waals surface area contributed by atoms with Crippen LogP contribution in [0.15, 0.2) is 52.0 Å². The van der Waals surface area contributed by atoms with Crippen molar-refractivity contribution < 1.29 is 8.81 Å². The molecular formula is C18H20FIN4O. The van der Waals surface area contributed by atoms with Gasteiger partial charge in [-0.05, 0) is 37.3 Å². The SMILES string of the molecule is CN=C(NCc1ccccn1)NCc1oc2ccc(F)cc2c1C.I. The van der Waals surface area contributed by atoms with Crippen LogP contribution in [0.3, 0.4) is 0 Å². The van der Waals surface area contributed by atoms with Crippen LogP contribution in [-0.2, 0) is 13.1 Å². The van der Waals surface area contributed by atoms with Gasteiger partial charge < -0.3 is 15.1 Å². The van der Waals surface area contributed by atoms with E-state index in [-0.39, 0.29) is 29.8 Å². The normalized spacial score (nSPS) is 11.2. The standard InChI is InChI=1S/C18H19FN4O.HI/c1-12-15-9-13(19)6-7-16(15)24-17(12)11-23-18(20-2)22-10-14-5-3-4-8-21-14;/h3-9H,10-11H2,1-2H3,(H2,20,22,23);1H. The van der Waals surface area contributed by atoms with Crippen molar-refractivity contribution in [2.45, 2.75) is 20.0 Å². The number of aliphatic imine (C=N–C) groups is 1. The van der Waals surface area contributed by atoms with Crippen LogP contribution in [0, 0.1) is 12.7 Å². The van der Waals surface area contributed by atoms with Crippen LogP contribution in [0.5, 0.6) is 0 Å². The van der Waals surface area contributed by atoms with Gasteiger partial charge in [-0.25, -0.2) is 4.39 Å². The Bertz CT molecular complexity index is 864. The Kier molecular flexibility index (Phi) is 6.74. The maximum atomic E-state index is 13.4. The van der Waals surface area contributed by atoms with Gasteiger partial charge in [0, 0.05) is 24.2 Å². The molecule has 0 unspecified atom stereocenters. The first-order chi connectivity index (χ1) is 11.7. The van der Waals surface area contributed by atoms with Crippen molar-refractivity contribution in [3.8, 4) is 0 Å². The van der Waals surface area contributed by atoms with Crippen LogP contribution in [0.2, 0.25) is 0 Å². The zero-order chi connectivity index (χ0) is 16.9. The fourth-order valence-electron chi connectivity index (χ4n) is 2.47. The number of hydrogen-bond acceptors (Lipinski definition) is 3. The van der Waals surface area contributed by atoms with Crippen molar-refractivity contribution >= 4 is 40.9 Å². The Morgan fingerprint density at radius 3 is 2.72 bits per heavy atom. The fraction of sp³-hybridized carbons (Fsp3) is 0.222. The second-order valence-corrected chi connectivity index (χ2v) is 5.39. The Labute approximate surface area is 162 Å². The fourth-order valence-corrected chi connectivity index (χ4v) is 2.47. The molecule has 0 amide bonds. The average Bonchev–Trinajstić information content (AvgIpc) is 2.92. The second-order valence-electron chi connectivity index (χ2n) is 5.39. The molecule has 0 saturated heterocycles. The Balaban J connectivity index is 0.00000225. The monoisotopic (exact) mass is 454 g/mol. The number of pyridine rings is 1. The van der Waals surface area contributed by atoms with Crippen molar-refractivity contribution in [2.75, 3.05) is 7.05 Å². The molecule has 1 aromatic carbocycles. The molecule has 2 aromatic heterocycles. The third-order valence-corrected chi connectivity index (χ3v) is 3.80. The third-order valence-electron chi connectivity index (χ3n) is 3.80. The number of nitrogens with one attached hydrogen (secondary N) is 2. The molecule has 0 saturated carbocycles. The van der Waals surface area contributed by atoms with E-state index in [1.807, 2.05) is 25.1 Å². The molecule has 0 atom stereocenters. The highest BCUT2D eigenvalue weighted by Gasteiger charge is 2.11. The summed E-state index contributed by atoms with van der Waals surface area (Å²) in [6.45, 7) is 2.96. The molecule has 0 bridgehead atoms.